The van der Waals surface area contributed by atoms with Gasteiger partial charge < -0.3 is 9.80 Å². The number of anilines is 2. The second kappa shape index (κ2) is 5.17. The number of piperidine rings is 1. The van der Waals surface area contributed by atoms with Crippen LogP contribution in [0.4, 0.5) is 15.6 Å². The van der Waals surface area contributed by atoms with E-state index in [-0.39, 0.29) is 18.1 Å². The number of fused-ring (bicyclic) bond motifs is 3. The molecule has 0 saturated carbocycles. The van der Waals surface area contributed by atoms with E-state index < -0.39 is 0 Å². The minimum absolute atomic E-state index is 0.000529. The van der Waals surface area contributed by atoms with Gasteiger partial charge in [0, 0.05) is 13.1 Å². The van der Waals surface area contributed by atoms with Crippen molar-refractivity contribution in [3.63, 3.8) is 0 Å². The Morgan fingerprint density at radius 2 is 2.12 bits per heavy atom. The highest BCUT2D eigenvalue weighted by atomic mass is 32.1. The molecule has 6 rings (SSSR count). The molecule has 6 heterocycles. The predicted octanol–water partition coefficient (Wildman–Crippen LogP) is 1.68. The van der Waals surface area contributed by atoms with E-state index in [2.05, 4.69) is 25.5 Å². The second-order valence-corrected chi connectivity index (χ2v) is 7.04. The maximum atomic E-state index is 12.5. The predicted molar refractivity (Wildman–Crippen MR) is 90.4 cm³/mol. The molecule has 2 bridgehead atoms. The Morgan fingerprint density at radius 3 is 2.92 bits per heavy atom. The van der Waals surface area contributed by atoms with Crippen molar-refractivity contribution in [2.75, 3.05) is 23.3 Å². The van der Waals surface area contributed by atoms with Crippen molar-refractivity contribution in [3.05, 3.63) is 36.0 Å². The van der Waals surface area contributed by atoms with E-state index in [4.69, 9.17) is 0 Å². The lowest BCUT2D eigenvalue weighted by Crippen LogP contribution is -2.71. The molecule has 2 unspecified atom stereocenters. The average molecular weight is 341 g/mol. The minimum Gasteiger partial charge on any atom is -0.351 e. The standard InChI is InChI=1S/C15H15N7OS/c23-15(17-14-2-1-5-24-14)22-10-6-11(22)8-20(7-10)13-4-3-12-18-16-9-21(12)19-13/h1-5,9-11H,6-8H2,(H,17,23). The molecule has 3 saturated heterocycles. The van der Waals surface area contributed by atoms with Crippen molar-refractivity contribution in [1.82, 2.24) is 24.7 Å². The van der Waals surface area contributed by atoms with Gasteiger partial charge in [-0.15, -0.1) is 26.6 Å². The molecule has 3 aromatic rings. The largest absolute Gasteiger partial charge is 0.351 e. The van der Waals surface area contributed by atoms with Crippen LogP contribution in [0, 0.1) is 0 Å². The topological polar surface area (TPSA) is 78.7 Å². The van der Waals surface area contributed by atoms with Crippen molar-refractivity contribution in [3.8, 4) is 0 Å². The Hall–Kier alpha value is -2.68. The van der Waals surface area contributed by atoms with Gasteiger partial charge in [0.2, 0.25) is 0 Å². The molecule has 3 fully saturated rings. The molecule has 8 nitrogen and oxygen atoms in total. The van der Waals surface area contributed by atoms with Crippen molar-refractivity contribution >= 4 is 33.8 Å². The summed E-state index contributed by atoms with van der Waals surface area (Å²) in [6.07, 6.45) is 2.66. The smallest absolute Gasteiger partial charge is 0.323 e. The van der Waals surface area contributed by atoms with E-state index in [0.717, 1.165) is 36.0 Å². The molecule has 3 aliphatic heterocycles. The fourth-order valence-electron chi connectivity index (χ4n) is 3.54. The lowest BCUT2D eigenvalue weighted by Gasteiger charge is -2.56. The molecule has 9 heteroatoms. The maximum absolute atomic E-state index is 12.5. The summed E-state index contributed by atoms with van der Waals surface area (Å²) in [4.78, 5) is 16.7. The van der Waals surface area contributed by atoms with Crippen molar-refractivity contribution in [2.24, 2.45) is 0 Å². The van der Waals surface area contributed by atoms with Gasteiger partial charge in [0.1, 0.15) is 12.1 Å². The molecule has 3 aromatic heterocycles. The van der Waals surface area contributed by atoms with E-state index in [1.165, 1.54) is 11.3 Å². The van der Waals surface area contributed by atoms with Gasteiger partial charge in [0.15, 0.2) is 5.65 Å². The van der Waals surface area contributed by atoms with Crippen LogP contribution in [0.5, 0.6) is 0 Å². The van der Waals surface area contributed by atoms with Crippen LogP contribution in [0.3, 0.4) is 0 Å². The number of aromatic nitrogens is 4. The Labute approximate surface area is 141 Å². The summed E-state index contributed by atoms with van der Waals surface area (Å²) in [5.74, 6) is 0.898. The van der Waals surface area contributed by atoms with E-state index in [1.54, 1.807) is 10.8 Å². The summed E-state index contributed by atoms with van der Waals surface area (Å²) in [6.45, 7) is 1.60. The van der Waals surface area contributed by atoms with Crippen molar-refractivity contribution in [2.45, 2.75) is 18.5 Å². The van der Waals surface area contributed by atoms with E-state index >= 15 is 0 Å². The summed E-state index contributed by atoms with van der Waals surface area (Å²) in [7, 11) is 0. The maximum Gasteiger partial charge on any atom is 0.323 e. The Kier molecular flexibility index (Phi) is 2.96. The molecular formula is C15H15N7OS. The van der Waals surface area contributed by atoms with Crippen LogP contribution in [-0.2, 0) is 0 Å². The third kappa shape index (κ3) is 2.12. The zero-order chi connectivity index (χ0) is 16.1. The number of hydrogen-bond acceptors (Lipinski definition) is 6. The fraction of sp³-hybridized carbons (Fsp3) is 0.333. The highest BCUT2D eigenvalue weighted by molar-refractivity contribution is 7.14. The Morgan fingerprint density at radius 1 is 1.25 bits per heavy atom. The van der Waals surface area contributed by atoms with Gasteiger partial charge in [-0.1, -0.05) is 0 Å². The van der Waals surface area contributed by atoms with Crippen molar-refractivity contribution < 1.29 is 4.79 Å². The second-order valence-electron chi connectivity index (χ2n) is 6.09. The van der Waals surface area contributed by atoms with E-state index in [0.29, 0.717) is 0 Å². The van der Waals surface area contributed by atoms with Gasteiger partial charge >= 0.3 is 6.03 Å². The molecule has 24 heavy (non-hydrogen) atoms. The van der Waals surface area contributed by atoms with Gasteiger partial charge in [0.25, 0.3) is 0 Å². The average Bonchev–Trinajstić information content (AvgIpc) is 3.25. The summed E-state index contributed by atoms with van der Waals surface area (Å²) in [5.41, 5.74) is 0.734. The first-order valence-corrected chi connectivity index (χ1v) is 8.71. The van der Waals surface area contributed by atoms with E-state index in [9.17, 15) is 4.79 Å². The lowest BCUT2D eigenvalue weighted by molar-refractivity contribution is 0.0436. The number of nitrogens with zero attached hydrogens (tertiary/aromatic N) is 6. The normalized spacial score (nSPS) is 22.5. The number of rotatable bonds is 2. The number of carbonyl (C=O) groups excluding carboxylic acids is 1. The lowest BCUT2D eigenvalue weighted by atomic mass is 9.88. The van der Waals surface area contributed by atoms with E-state index in [1.807, 2.05) is 34.5 Å². The number of amides is 2. The molecule has 122 valence electrons. The van der Waals surface area contributed by atoms with Gasteiger partial charge in [-0.25, -0.2) is 4.79 Å². The number of urea groups is 1. The molecule has 0 spiro atoms. The summed E-state index contributed by atoms with van der Waals surface area (Å²) < 4.78 is 1.68. The number of carbonyl (C=O) groups is 1. The highest BCUT2D eigenvalue weighted by Crippen LogP contribution is 2.34. The Balaban J connectivity index is 1.30. The van der Waals surface area contributed by atoms with Crippen molar-refractivity contribution in [1.29, 1.82) is 0 Å². The molecule has 1 N–H and O–H groups in total. The highest BCUT2D eigenvalue weighted by Gasteiger charge is 2.47. The monoisotopic (exact) mass is 341 g/mol. The third-order valence-electron chi connectivity index (χ3n) is 4.65. The van der Waals surface area contributed by atoms with Gasteiger partial charge in [-0.3, -0.25) is 5.32 Å². The molecule has 2 amide bonds. The zero-order valence-electron chi connectivity index (χ0n) is 12.7. The van der Waals surface area contributed by atoms with Crippen LogP contribution in [0.2, 0.25) is 0 Å². The quantitative estimate of drug-likeness (QED) is 0.767. The molecule has 3 aliphatic rings. The van der Waals surface area contributed by atoms with Gasteiger partial charge in [0.05, 0.1) is 17.1 Å². The number of piperazine rings is 1. The van der Waals surface area contributed by atoms with Crippen LogP contribution < -0.4 is 10.2 Å². The molecule has 0 aliphatic carbocycles. The minimum atomic E-state index is 0.000529. The first kappa shape index (κ1) is 13.7. The summed E-state index contributed by atoms with van der Waals surface area (Å²) in [5, 5.41) is 18.2. The third-order valence-corrected chi connectivity index (χ3v) is 5.44. The van der Waals surface area contributed by atoms with Crippen LogP contribution in [0.1, 0.15) is 6.42 Å². The number of thiophene rings is 1. The van der Waals surface area contributed by atoms with Crippen LogP contribution in [0.15, 0.2) is 36.0 Å². The number of nitrogens with one attached hydrogen (secondary N) is 1. The van der Waals surface area contributed by atoms with Crippen LogP contribution in [-0.4, -0.2) is 55.9 Å². The molecular weight excluding hydrogens is 326 g/mol. The molecule has 0 aromatic carbocycles. The Bertz CT molecular complexity index is 880. The molecule has 2 atom stereocenters. The number of hydrogen-bond donors (Lipinski definition) is 1. The van der Waals surface area contributed by atoms with Gasteiger partial charge in [-0.2, -0.15) is 4.52 Å². The zero-order valence-corrected chi connectivity index (χ0v) is 13.6. The summed E-state index contributed by atoms with van der Waals surface area (Å²) >= 11 is 1.54. The van der Waals surface area contributed by atoms with Crippen LogP contribution in [0.25, 0.3) is 5.65 Å². The van der Waals surface area contributed by atoms with Crippen LogP contribution >= 0.6 is 11.3 Å². The summed E-state index contributed by atoms with van der Waals surface area (Å²) in [6, 6.07) is 8.21. The molecule has 0 radical (unpaired) electrons. The first-order valence-electron chi connectivity index (χ1n) is 7.83. The first-order chi connectivity index (χ1) is 11.8. The fourth-order valence-corrected chi connectivity index (χ4v) is 4.14. The van der Waals surface area contributed by atoms with Gasteiger partial charge in [-0.05, 0) is 36.1 Å². The SMILES string of the molecule is O=C(Nc1cccs1)N1C2CC1CN(c1ccc3nncn3n1)C2.